The van der Waals surface area contributed by atoms with Crippen LogP contribution in [0.3, 0.4) is 0 Å². The second-order valence-electron chi connectivity index (χ2n) is 7.19. The zero-order valence-corrected chi connectivity index (χ0v) is 14.6. The zero-order chi connectivity index (χ0) is 16.5. The minimum absolute atomic E-state index is 0.567. The Balaban J connectivity index is 1.41. The first-order valence-electron chi connectivity index (χ1n) is 9.02. The van der Waals surface area contributed by atoms with E-state index in [2.05, 4.69) is 51.3 Å². The average Bonchev–Trinajstić information content (AvgIpc) is 3.23. The molecule has 1 aliphatic heterocycles. The fraction of sp³-hybridized carbons (Fsp3) is 0.579. The van der Waals surface area contributed by atoms with Gasteiger partial charge in [0.2, 0.25) is 5.89 Å². The molecule has 0 spiro atoms. The van der Waals surface area contributed by atoms with Crippen LogP contribution in [0.25, 0.3) is 0 Å². The molecule has 24 heavy (non-hydrogen) atoms. The summed E-state index contributed by atoms with van der Waals surface area (Å²) in [7, 11) is 2.18. The Labute approximate surface area is 143 Å². The topological polar surface area (TPSA) is 45.4 Å². The SMILES string of the molecule is Cc1nc(CN(C)[C@H]2CCN([C@@H]3CCCc4ccccc43)C2)no1. The maximum atomic E-state index is 5.09. The highest BCUT2D eigenvalue weighted by atomic mass is 16.5. The van der Waals surface area contributed by atoms with Crippen molar-refractivity contribution in [1.29, 1.82) is 0 Å². The third kappa shape index (κ3) is 3.10. The molecule has 1 aliphatic carbocycles. The van der Waals surface area contributed by atoms with Gasteiger partial charge in [-0.05, 0) is 43.9 Å². The molecule has 2 aromatic rings. The highest BCUT2D eigenvalue weighted by Gasteiger charge is 2.33. The zero-order valence-electron chi connectivity index (χ0n) is 14.6. The lowest BCUT2D eigenvalue weighted by Gasteiger charge is -2.34. The predicted octanol–water partition coefficient (Wildman–Crippen LogP) is 2.96. The van der Waals surface area contributed by atoms with E-state index in [1.54, 1.807) is 11.1 Å². The second-order valence-corrected chi connectivity index (χ2v) is 7.19. The molecule has 2 atom stereocenters. The average molecular weight is 326 g/mol. The number of nitrogens with zero attached hydrogens (tertiary/aromatic N) is 4. The van der Waals surface area contributed by atoms with Crippen molar-refractivity contribution in [3.63, 3.8) is 0 Å². The lowest BCUT2D eigenvalue weighted by Crippen LogP contribution is -2.36. The van der Waals surface area contributed by atoms with E-state index in [0.717, 1.165) is 18.9 Å². The Kier molecular flexibility index (Phi) is 4.37. The molecule has 1 fully saturated rings. The van der Waals surface area contributed by atoms with Crippen molar-refractivity contribution in [2.45, 2.75) is 51.2 Å². The van der Waals surface area contributed by atoms with Crippen LogP contribution in [0.2, 0.25) is 0 Å². The Bertz CT molecular complexity index is 698. The standard InChI is InChI=1S/C19H26N4O/c1-14-20-19(21-24-14)13-22(2)16-10-11-23(12-16)18-9-5-7-15-6-3-4-8-17(15)18/h3-4,6,8,16,18H,5,7,9-13H2,1-2H3/t16-,18+/m0/s1. The smallest absolute Gasteiger partial charge is 0.223 e. The molecule has 4 rings (SSSR count). The maximum absolute atomic E-state index is 5.09. The number of rotatable bonds is 4. The van der Waals surface area contributed by atoms with Crippen molar-refractivity contribution >= 4 is 0 Å². The van der Waals surface area contributed by atoms with Gasteiger partial charge in [0.1, 0.15) is 0 Å². The van der Waals surface area contributed by atoms with Gasteiger partial charge in [0.25, 0.3) is 0 Å². The largest absolute Gasteiger partial charge is 0.340 e. The van der Waals surface area contributed by atoms with Gasteiger partial charge in [-0.15, -0.1) is 0 Å². The number of likely N-dealkylation sites (N-methyl/N-ethyl adjacent to an activating group) is 1. The number of hydrogen-bond acceptors (Lipinski definition) is 5. The molecule has 0 unspecified atom stereocenters. The van der Waals surface area contributed by atoms with Gasteiger partial charge >= 0.3 is 0 Å². The van der Waals surface area contributed by atoms with Crippen molar-refractivity contribution in [2.75, 3.05) is 20.1 Å². The fourth-order valence-electron chi connectivity index (χ4n) is 4.28. The summed E-state index contributed by atoms with van der Waals surface area (Å²) in [5, 5.41) is 4.02. The van der Waals surface area contributed by atoms with Crippen molar-refractivity contribution in [2.24, 2.45) is 0 Å². The third-order valence-electron chi connectivity index (χ3n) is 5.56. The number of hydrogen-bond donors (Lipinski definition) is 0. The summed E-state index contributed by atoms with van der Waals surface area (Å²) >= 11 is 0. The Morgan fingerprint density at radius 1 is 1.29 bits per heavy atom. The first-order chi connectivity index (χ1) is 11.7. The number of aromatic nitrogens is 2. The molecule has 5 nitrogen and oxygen atoms in total. The van der Waals surface area contributed by atoms with E-state index >= 15 is 0 Å². The molecule has 5 heteroatoms. The predicted molar refractivity (Wildman–Crippen MR) is 92.6 cm³/mol. The van der Waals surface area contributed by atoms with Crippen molar-refractivity contribution < 1.29 is 4.52 Å². The van der Waals surface area contributed by atoms with Crippen LogP contribution in [-0.2, 0) is 13.0 Å². The third-order valence-corrected chi connectivity index (χ3v) is 5.56. The van der Waals surface area contributed by atoms with Crippen LogP contribution in [-0.4, -0.2) is 46.1 Å². The van der Waals surface area contributed by atoms with Gasteiger partial charge in [-0.2, -0.15) is 4.98 Å². The van der Waals surface area contributed by atoms with Gasteiger partial charge in [-0.25, -0.2) is 0 Å². The molecule has 0 amide bonds. The lowest BCUT2D eigenvalue weighted by atomic mass is 9.87. The van der Waals surface area contributed by atoms with Gasteiger partial charge in [0, 0.05) is 32.1 Å². The molecule has 0 N–H and O–H groups in total. The van der Waals surface area contributed by atoms with E-state index in [1.807, 2.05) is 6.92 Å². The summed E-state index contributed by atoms with van der Waals surface area (Å²) < 4.78 is 5.09. The molecule has 2 heterocycles. The van der Waals surface area contributed by atoms with Gasteiger partial charge in [0.05, 0.1) is 6.54 Å². The molecule has 0 bridgehead atoms. The molecule has 0 saturated carbocycles. The highest BCUT2D eigenvalue weighted by Crippen LogP contribution is 2.36. The number of fused-ring (bicyclic) bond motifs is 1. The maximum Gasteiger partial charge on any atom is 0.223 e. The Hall–Kier alpha value is -1.72. The second kappa shape index (κ2) is 6.65. The molecule has 0 radical (unpaired) electrons. The fourth-order valence-corrected chi connectivity index (χ4v) is 4.28. The van der Waals surface area contributed by atoms with E-state index < -0.39 is 0 Å². The van der Waals surface area contributed by atoms with E-state index in [4.69, 9.17) is 4.52 Å². The summed E-state index contributed by atoms with van der Waals surface area (Å²) in [5.74, 6) is 1.43. The molecule has 128 valence electrons. The van der Waals surface area contributed by atoms with E-state index in [0.29, 0.717) is 18.0 Å². The molecule has 1 saturated heterocycles. The monoisotopic (exact) mass is 326 g/mol. The van der Waals surface area contributed by atoms with Gasteiger partial charge in [0.15, 0.2) is 5.82 Å². The van der Waals surface area contributed by atoms with Crippen LogP contribution in [0.15, 0.2) is 28.8 Å². The molecular weight excluding hydrogens is 300 g/mol. The molecular formula is C19H26N4O. The minimum atomic E-state index is 0.567. The summed E-state index contributed by atoms with van der Waals surface area (Å²) in [4.78, 5) is 9.38. The summed E-state index contributed by atoms with van der Waals surface area (Å²) in [6.07, 6.45) is 5.05. The van der Waals surface area contributed by atoms with Crippen molar-refractivity contribution in [1.82, 2.24) is 19.9 Å². The van der Waals surface area contributed by atoms with E-state index in [1.165, 1.54) is 32.2 Å². The van der Waals surface area contributed by atoms with Gasteiger partial charge in [-0.3, -0.25) is 9.80 Å². The number of benzene rings is 1. The van der Waals surface area contributed by atoms with Crippen LogP contribution < -0.4 is 0 Å². The minimum Gasteiger partial charge on any atom is -0.340 e. The number of likely N-dealkylation sites (tertiary alicyclic amines) is 1. The van der Waals surface area contributed by atoms with Crippen LogP contribution in [0.5, 0.6) is 0 Å². The normalized spacial score (nSPS) is 24.5. The highest BCUT2D eigenvalue weighted by molar-refractivity contribution is 5.32. The van der Waals surface area contributed by atoms with Crippen molar-refractivity contribution in [3.8, 4) is 0 Å². The van der Waals surface area contributed by atoms with Gasteiger partial charge < -0.3 is 4.52 Å². The summed E-state index contributed by atoms with van der Waals surface area (Å²) in [6, 6.07) is 10.2. The molecule has 2 aliphatic rings. The van der Waals surface area contributed by atoms with Crippen LogP contribution in [0, 0.1) is 6.92 Å². The van der Waals surface area contributed by atoms with Crippen LogP contribution >= 0.6 is 0 Å². The quantitative estimate of drug-likeness (QED) is 0.864. The Morgan fingerprint density at radius 2 is 2.17 bits per heavy atom. The van der Waals surface area contributed by atoms with E-state index in [9.17, 15) is 0 Å². The molecule has 1 aromatic heterocycles. The lowest BCUT2D eigenvalue weighted by molar-refractivity contribution is 0.181. The van der Waals surface area contributed by atoms with E-state index in [-0.39, 0.29) is 0 Å². The van der Waals surface area contributed by atoms with Gasteiger partial charge in [-0.1, -0.05) is 29.4 Å². The summed E-state index contributed by atoms with van der Waals surface area (Å²) in [5.41, 5.74) is 3.11. The van der Waals surface area contributed by atoms with Crippen molar-refractivity contribution in [3.05, 3.63) is 47.1 Å². The first-order valence-corrected chi connectivity index (χ1v) is 9.02. The number of aryl methyl sites for hydroxylation is 2. The molecule has 1 aromatic carbocycles. The van der Waals surface area contributed by atoms with Crippen LogP contribution in [0.1, 0.15) is 48.1 Å². The first kappa shape index (κ1) is 15.8. The Morgan fingerprint density at radius 3 is 3.00 bits per heavy atom. The van der Waals surface area contributed by atoms with Crippen LogP contribution in [0.4, 0.5) is 0 Å². The summed E-state index contributed by atoms with van der Waals surface area (Å²) in [6.45, 7) is 4.91.